The molecule has 0 radical (unpaired) electrons. The number of halogens is 3. The van der Waals surface area contributed by atoms with Gasteiger partial charge in [-0.3, -0.25) is 4.79 Å². The number of carbonyl (C=O) groups excluding carboxylic acids is 1. The van der Waals surface area contributed by atoms with E-state index in [1.54, 1.807) is 0 Å². The fraction of sp³-hybridized carbons (Fsp3) is 0.364. The molecule has 1 amide bonds. The molecule has 0 aliphatic carbocycles. The lowest BCUT2D eigenvalue weighted by Gasteiger charge is -2.05. The van der Waals surface area contributed by atoms with E-state index in [2.05, 4.69) is 21.2 Å². The van der Waals surface area contributed by atoms with E-state index >= 15 is 0 Å². The van der Waals surface area contributed by atoms with Crippen LogP contribution in [0.15, 0.2) is 22.7 Å². The van der Waals surface area contributed by atoms with Crippen LogP contribution in [0.5, 0.6) is 0 Å². The second-order valence-corrected chi connectivity index (χ2v) is 4.51. The first-order valence-corrected chi connectivity index (χ1v) is 6.27. The lowest BCUT2D eigenvalue weighted by molar-refractivity contribution is 0.0953. The lowest BCUT2D eigenvalue weighted by Crippen LogP contribution is -2.24. The van der Waals surface area contributed by atoms with Crippen LogP contribution in [-0.2, 0) is 0 Å². The molecule has 16 heavy (non-hydrogen) atoms. The summed E-state index contributed by atoms with van der Waals surface area (Å²) in [7, 11) is 0. The van der Waals surface area contributed by atoms with Crippen molar-refractivity contribution in [2.24, 2.45) is 0 Å². The van der Waals surface area contributed by atoms with Gasteiger partial charge in [-0.25, -0.2) is 4.39 Å². The number of alkyl halides is 1. The Labute approximate surface area is 107 Å². The Hall–Kier alpha value is -0.610. The molecule has 0 unspecified atom stereocenters. The fourth-order valence-electron chi connectivity index (χ4n) is 1.16. The van der Waals surface area contributed by atoms with Gasteiger partial charge in [-0.15, -0.1) is 11.6 Å². The van der Waals surface area contributed by atoms with Crippen molar-refractivity contribution in [3.63, 3.8) is 0 Å². The van der Waals surface area contributed by atoms with Gasteiger partial charge in [0.25, 0.3) is 5.91 Å². The number of unbranched alkanes of at least 4 members (excludes halogenated alkanes) is 1. The number of nitrogens with one attached hydrogen (secondary N) is 1. The van der Waals surface area contributed by atoms with Crippen LogP contribution in [-0.4, -0.2) is 18.3 Å². The zero-order chi connectivity index (χ0) is 12.0. The minimum atomic E-state index is -0.376. The molecule has 1 rings (SSSR count). The first-order chi connectivity index (χ1) is 7.65. The fourth-order valence-corrected chi connectivity index (χ4v) is 1.73. The second-order valence-electron chi connectivity index (χ2n) is 3.28. The monoisotopic (exact) mass is 307 g/mol. The summed E-state index contributed by atoms with van der Waals surface area (Å²) >= 11 is 8.55. The van der Waals surface area contributed by atoms with Crippen molar-refractivity contribution >= 4 is 33.4 Å². The predicted molar refractivity (Wildman–Crippen MR) is 66.4 cm³/mol. The van der Waals surface area contributed by atoms with Crippen LogP contribution in [0.25, 0.3) is 0 Å². The third-order valence-corrected chi connectivity index (χ3v) is 2.90. The number of hydrogen-bond donors (Lipinski definition) is 1. The largest absolute Gasteiger partial charge is 0.352 e. The average Bonchev–Trinajstić information content (AvgIpc) is 2.28. The van der Waals surface area contributed by atoms with Crippen molar-refractivity contribution in [2.75, 3.05) is 12.4 Å². The molecule has 2 nitrogen and oxygen atoms in total. The van der Waals surface area contributed by atoms with Gasteiger partial charge < -0.3 is 5.32 Å². The van der Waals surface area contributed by atoms with E-state index in [0.29, 0.717) is 22.5 Å². The quantitative estimate of drug-likeness (QED) is 0.656. The van der Waals surface area contributed by atoms with Gasteiger partial charge in [-0.05, 0) is 47.0 Å². The standard InChI is InChI=1S/C11H12BrClFNO/c12-9-7-8(3-4-10(9)14)11(16)15-6-2-1-5-13/h3-4,7H,1-2,5-6H2,(H,15,16). The van der Waals surface area contributed by atoms with Crippen molar-refractivity contribution in [3.8, 4) is 0 Å². The third-order valence-electron chi connectivity index (χ3n) is 2.03. The molecule has 0 fully saturated rings. The summed E-state index contributed by atoms with van der Waals surface area (Å²) in [6.45, 7) is 0.584. The zero-order valence-corrected chi connectivity index (χ0v) is 10.9. The summed E-state index contributed by atoms with van der Waals surface area (Å²) in [5, 5.41) is 2.74. The Kier molecular flexibility index (Phi) is 5.77. The number of benzene rings is 1. The molecule has 0 saturated carbocycles. The van der Waals surface area contributed by atoms with Crippen molar-refractivity contribution in [1.82, 2.24) is 5.32 Å². The minimum absolute atomic E-state index is 0.199. The van der Waals surface area contributed by atoms with Crippen LogP contribution in [0.3, 0.4) is 0 Å². The molecule has 0 aliphatic rings. The summed E-state index contributed by atoms with van der Waals surface area (Å²) in [5.74, 6) is 0.0202. The van der Waals surface area contributed by atoms with Crippen LogP contribution in [0.1, 0.15) is 23.2 Å². The molecular weight excluding hydrogens is 296 g/mol. The maximum absolute atomic E-state index is 12.9. The first kappa shape index (κ1) is 13.5. The molecule has 1 aromatic rings. The highest BCUT2D eigenvalue weighted by atomic mass is 79.9. The number of rotatable bonds is 5. The summed E-state index contributed by atoms with van der Waals surface area (Å²) in [5.41, 5.74) is 0.444. The molecule has 88 valence electrons. The summed E-state index contributed by atoms with van der Waals surface area (Å²) < 4.78 is 13.2. The lowest BCUT2D eigenvalue weighted by atomic mass is 10.2. The maximum Gasteiger partial charge on any atom is 0.251 e. The van der Waals surface area contributed by atoms with Crippen molar-refractivity contribution in [1.29, 1.82) is 0 Å². The molecule has 0 bridgehead atoms. The second kappa shape index (κ2) is 6.86. The Balaban J connectivity index is 2.50. The molecule has 5 heteroatoms. The molecule has 0 atom stereocenters. The molecule has 0 saturated heterocycles. The van der Waals surface area contributed by atoms with Crippen LogP contribution in [0.2, 0.25) is 0 Å². The van der Waals surface area contributed by atoms with Crippen molar-refractivity contribution in [3.05, 3.63) is 34.1 Å². The van der Waals surface area contributed by atoms with Crippen LogP contribution >= 0.6 is 27.5 Å². The van der Waals surface area contributed by atoms with Crippen molar-refractivity contribution in [2.45, 2.75) is 12.8 Å². The van der Waals surface area contributed by atoms with E-state index in [1.807, 2.05) is 0 Å². The Morgan fingerprint density at radius 3 is 2.81 bits per heavy atom. The third kappa shape index (κ3) is 4.10. The molecule has 0 spiro atoms. The van der Waals surface area contributed by atoms with E-state index in [1.165, 1.54) is 18.2 Å². The topological polar surface area (TPSA) is 29.1 Å². The summed E-state index contributed by atoms with van der Waals surface area (Å²) in [6, 6.07) is 4.18. The van der Waals surface area contributed by atoms with Gasteiger partial charge in [0.05, 0.1) is 4.47 Å². The van der Waals surface area contributed by atoms with E-state index in [9.17, 15) is 9.18 Å². The van der Waals surface area contributed by atoms with Crippen LogP contribution in [0, 0.1) is 5.82 Å². The molecule has 0 aromatic heterocycles. The molecule has 0 heterocycles. The number of hydrogen-bond acceptors (Lipinski definition) is 1. The normalized spacial score (nSPS) is 10.2. The number of carbonyl (C=O) groups is 1. The molecule has 1 N–H and O–H groups in total. The van der Waals surface area contributed by atoms with E-state index in [4.69, 9.17) is 11.6 Å². The van der Waals surface area contributed by atoms with E-state index < -0.39 is 0 Å². The Bertz CT molecular complexity index is 373. The van der Waals surface area contributed by atoms with Gasteiger partial charge in [0, 0.05) is 18.0 Å². The smallest absolute Gasteiger partial charge is 0.251 e. The van der Waals surface area contributed by atoms with Crippen LogP contribution < -0.4 is 5.32 Å². The summed E-state index contributed by atoms with van der Waals surface area (Å²) in [4.78, 5) is 11.6. The van der Waals surface area contributed by atoms with Gasteiger partial charge >= 0.3 is 0 Å². The van der Waals surface area contributed by atoms with E-state index in [0.717, 1.165) is 12.8 Å². The predicted octanol–water partition coefficient (Wildman–Crippen LogP) is 3.34. The van der Waals surface area contributed by atoms with Crippen molar-refractivity contribution < 1.29 is 9.18 Å². The zero-order valence-electron chi connectivity index (χ0n) is 8.60. The average molecular weight is 309 g/mol. The number of amides is 1. The SMILES string of the molecule is O=C(NCCCCCl)c1ccc(F)c(Br)c1. The van der Waals surface area contributed by atoms with E-state index in [-0.39, 0.29) is 11.7 Å². The molecule has 1 aromatic carbocycles. The maximum atomic E-state index is 12.9. The molecule has 0 aliphatic heterocycles. The highest BCUT2D eigenvalue weighted by Gasteiger charge is 2.07. The van der Waals surface area contributed by atoms with Gasteiger partial charge in [-0.2, -0.15) is 0 Å². The first-order valence-electron chi connectivity index (χ1n) is 4.94. The van der Waals surface area contributed by atoms with Gasteiger partial charge in [0.2, 0.25) is 0 Å². The summed E-state index contributed by atoms with van der Waals surface area (Å²) in [6.07, 6.45) is 1.71. The Morgan fingerprint density at radius 1 is 1.44 bits per heavy atom. The molecular formula is C11H12BrClFNO. The van der Waals surface area contributed by atoms with Gasteiger partial charge in [0.1, 0.15) is 5.82 Å². The van der Waals surface area contributed by atoms with Gasteiger partial charge in [-0.1, -0.05) is 0 Å². The minimum Gasteiger partial charge on any atom is -0.352 e. The van der Waals surface area contributed by atoms with Gasteiger partial charge in [0.15, 0.2) is 0 Å². The van der Waals surface area contributed by atoms with Crippen LogP contribution in [0.4, 0.5) is 4.39 Å². The highest BCUT2D eigenvalue weighted by Crippen LogP contribution is 2.16. The Morgan fingerprint density at radius 2 is 2.19 bits per heavy atom. The highest BCUT2D eigenvalue weighted by molar-refractivity contribution is 9.10.